The van der Waals surface area contributed by atoms with Crippen LogP contribution in [0.3, 0.4) is 0 Å². The number of rotatable bonds is 6. The van der Waals surface area contributed by atoms with Gasteiger partial charge < -0.3 is 14.8 Å². The van der Waals surface area contributed by atoms with Gasteiger partial charge in [-0.15, -0.1) is 0 Å². The fourth-order valence-corrected chi connectivity index (χ4v) is 3.80. The number of carbonyl (C=O) groups is 1. The first-order valence-corrected chi connectivity index (χ1v) is 9.31. The molecule has 1 spiro atoms. The molecule has 138 valence electrons. The molecule has 3 rings (SSSR count). The standard InChI is InChI=1S/C20H30N2O3/c1-15(2)19(16-5-7-17(24-3)8-6-16)21-18(23)13-22-11-12-25-20(14-22)9-4-10-20/h5-8,15,19H,4,9-14H2,1-3H3,(H,21,23). The van der Waals surface area contributed by atoms with E-state index in [-0.39, 0.29) is 17.6 Å². The molecule has 0 radical (unpaired) electrons. The summed E-state index contributed by atoms with van der Waals surface area (Å²) in [4.78, 5) is 14.9. The summed E-state index contributed by atoms with van der Waals surface area (Å²) < 4.78 is 11.2. The Labute approximate surface area is 150 Å². The van der Waals surface area contributed by atoms with Crippen molar-refractivity contribution in [2.24, 2.45) is 5.92 Å². The number of hydrogen-bond donors (Lipinski definition) is 1. The fraction of sp³-hybridized carbons (Fsp3) is 0.650. The molecular weight excluding hydrogens is 316 g/mol. The topological polar surface area (TPSA) is 50.8 Å². The van der Waals surface area contributed by atoms with Crippen molar-refractivity contribution in [3.63, 3.8) is 0 Å². The van der Waals surface area contributed by atoms with Crippen LogP contribution in [-0.2, 0) is 9.53 Å². The van der Waals surface area contributed by atoms with Crippen LogP contribution in [0.1, 0.15) is 44.7 Å². The Balaban J connectivity index is 1.58. The summed E-state index contributed by atoms with van der Waals surface area (Å²) in [7, 11) is 1.66. The Kier molecular flexibility index (Phi) is 5.64. The first kappa shape index (κ1) is 18.2. The van der Waals surface area contributed by atoms with Crippen molar-refractivity contribution in [2.75, 3.05) is 33.4 Å². The smallest absolute Gasteiger partial charge is 0.234 e. The minimum Gasteiger partial charge on any atom is -0.497 e. The van der Waals surface area contributed by atoms with Crippen LogP contribution in [0, 0.1) is 5.92 Å². The lowest BCUT2D eigenvalue weighted by atomic mass is 9.79. The highest BCUT2D eigenvalue weighted by molar-refractivity contribution is 5.78. The molecule has 0 bridgehead atoms. The van der Waals surface area contributed by atoms with Crippen LogP contribution in [0.25, 0.3) is 0 Å². The predicted octanol–water partition coefficient (Wildman–Crippen LogP) is 2.76. The number of benzene rings is 1. The minimum atomic E-state index is 0.0112. The van der Waals surface area contributed by atoms with E-state index >= 15 is 0 Å². The number of morpholine rings is 1. The summed E-state index contributed by atoms with van der Waals surface area (Å²) in [5.74, 6) is 1.24. The van der Waals surface area contributed by atoms with Gasteiger partial charge in [0.1, 0.15) is 5.75 Å². The van der Waals surface area contributed by atoms with Crippen molar-refractivity contribution < 1.29 is 14.3 Å². The zero-order valence-corrected chi connectivity index (χ0v) is 15.6. The second-order valence-electron chi connectivity index (χ2n) is 7.66. The van der Waals surface area contributed by atoms with E-state index in [2.05, 4.69) is 24.1 Å². The minimum absolute atomic E-state index is 0.0112. The zero-order valence-electron chi connectivity index (χ0n) is 15.6. The van der Waals surface area contributed by atoms with Crippen LogP contribution >= 0.6 is 0 Å². The summed E-state index contributed by atoms with van der Waals surface area (Å²) in [5.41, 5.74) is 1.15. The van der Waals surface area contributed by atoms with E-state index in [4.69, 9.17) is 9.47 Å². The fourth-order valence-electron chi connectivity index (χ4n) is 3.80. The van der Waals surface area contributed by atoms with Gasteiger partial charge in [0.05, 0.1) is 31.9 Å². The van der Waals surface area contributed by atoms with Crippen LogP contribution in [0.5, 0.6) is 5.75 Å². The zero-order chi connectivity index (χ0) is 17.9. The van der Waals surface area contributed by atoms with Crippen molar-refractivity contribution in [1.82, 2.24) is 10.2 Å². The van der Waals surface area contributed by atoms with Gasteiger partial charge in [-0.3, -0.25) is 9.69 Å². The highest BCUT2D eigenvalue weighted by Crippen LogP contribution is 2.38. The second kappa shape index (κ2) is 7.75. The molecule has 0 aromatic heterocycles. The molecule has 1 saturated heterocycles. The van der Waals surface area contributed by atoms with Gasteiger partial charge in [-0.1, -0.05) is 26.0 Å². The molecule has 2 aliphatic rings. The Morgan fingerprint density at radius 2 is 2.04 bits per heavy atom. The normalized spacial score (nSPS) is 21.0. The lowest BCUT2D eigenvalue weighted by Crippen LogP contribution is -2.57. The van der Waals surface area contributed by atoms with Gasteiger partial charge in [-0.05, 0) is 42.9 Å². The summed E-state index contributed by atoms with van der Waals surface area (Å²) in [6, 6.07) is 7.96. The van der Waals surface area contributed by atoms with Crippen LogP contribution < -0.4 is 10.1 Å². The third-order valence-electron chi connectivity index (χ3n) is 5.42. The predicted molar refractivity (Wildman–Crippen MR) is 97.7 cm³/mol. The lowest BCUT2D eigenvalue weighted by molar-refractivity contribution is -0.155. The Morgan fingerprint density at radius 1 is 1.32 bits per heavy atom. The quantitative estimate of drug-likeness (QED) is 0.860. The van der Waals surface area contributed by atoms with Crippen molar-refractivity contribution in [1.29, 1.82) is 0 Å². The van der Waals surface area contributed by atoms with E-state index < -0.39 is 0 Å². The molecule has 1 saturated carbocycles. The van der Waals surface area contributed by atoms with Gasteiger partial charge in [-0.2, -0.15) is 0 Å². The second-order valence-corrected chi connectivity index (χ2v) is 7.66. The molecule has 1 N–H and O–H groups in total. The average molecular weight is 346 g/mol. The largest absolute Gasteiger partial charge is 0.497 e. The monoisotopic (exact) mass is 346 g/mol. The van der Waals surface area contributed by atoms with Crippen molar-refractivity contribution in [3.05, 3.63) is 29.8 Å². The van der Waals surface area contributed by atoms with Gasteiger partial charge >= 0.3 is 0 Å². The molecule has 1 aliphatic heterocycles. The number of amides is 1. The summed E-state index contributed by atoms with van der Waals surface area (Å²) in [6.07, 6.45) is 3.50. The van der Waals surface area contributed by atoms with Crippen molar-refractivity contribution in [2.45, 2.75) is 44.8 Å². The maximum Gasteiger partial charge on any atom is 0.234 e. The SMILES string of the molecule is COc1ccc(C(NC(=O)CN2CCOC3(CCC3)C2)C(C)C)cc1. The van der Waals surface area contributed by atoms with Gasteiger partial charge in [0, 0.05) is 13.1 Å². The molecule has 1 heterocycles. The number of nitrogens with zero attached hydrogens (tertiary/aromatic N) is 1. The number of carbonyl (C=O) groups excluding carboxylic acids is 1. The van der Waals surface area contributed by atoms with Crippen LogP contribution in [0.2, 0.25) is 0 Å². The molecule has 1 aromatic carbocycles. The number of nitrogens with one attached hydrogen (secondary N) is 1. The lowest BCUT2D eigenvalue weighted by Gasteiger charge is -2.48. The van der Waals surface area contributed by atoms with E-state index in [9.17, 15) is 4.79 Å². The van der Waals surface area contributed by atoms with E-state index in [1.165, 1.54) is 6.42 Å². The summed E-state index contributed by atoms with van der Waals surface area (Å²) in [5, 5.41) is 3.22. The first-order valence-electron chi connectivity index (χ1n) is 9.31. The van der Waals surface area contributed by atoms with Gasteiger partial charge in [-0.25, -0.2) is 0 Å². The molecule has 25 heavy (non-hydrogen) atoms. The highest BCUT2D eigenvalue weighted by atomic mass is 16.5. The maximum absolute atomic E-state index is 12.6. The van der Waals surface area contributed by atoms with E-state index in [0.717, 1.165) is 43.9 Å². The number of hydrogen-bond acceptors (Lipinski definition) is 4. The molecule has 5 nitrogen and oxygen atoms in total. The molecular formula is C20H30N2O3. The van der Waals surface area contributed by atoms with Gasteiger partial charge in [0.15, 0.2) is 0 Å². The Hall–Kier alpha value is -1.59. The van der Waals surface area contributed by atoms with E-state index in [1.54, 1.807) is 7.11 Å². The highest BCUT2D eigenvalue weighted by Gasteiger charge is 2.42. The third kappa shape index (κ3) is 4.33. The van der Waals surface area contributed by atoms with Crippen molar-refractivity contribution >= 4 is 5.91 Å². The first-order chi connectivity index (χ1) is 12.0. The maximum atomic E-state index is 12.6. The summed E-state index contributed by atoms with van der Waals surface area (Å²) in [6.45, 7) is 7.17. The van der Waals surface area contributed by atoms with Crippen LogP contribution in [0.15, 0.2) is 24.3 Å². The number of methoxy groups -OCH3 is 1. The third-order valence-corrected chi connectivity index (χ3v) is 5.42. The van der Waals surface area contributed by atoms with E-state index in [1.807, 2.05) is 24.3 Å². The number of ether oxygens (including phenoxy) is 2. The average Bonchev–Trinajstić information content (AvgIpc) is 2.58. The van der Waals surface area contributed by atoms with Gasteiger partial charge in [0.2, 0.25) is 5.91 Å². The van der Waals surface area contributed by atoms with Crippen LogP contribution in [0.4, 0.5) is 0 Å². The molecule has 5 heteroatoms. The van der Waals surface area contributed by atoms with Crippen LogP contribution in [-0.4, -0.2) is 49.8 Å². The molecule has 1 atom stereocenters. The molecule has 2 fully saturated rings. The molecule has 1 aromatic rings. The van der Waals surface area contributed by atoms with Gasteiger partial charge in [0.25, 0.3) is 0 Å². The molecule has 1 unspecified atom stereocenters. The Morgan fingerprint density at radius 3 is 2.60 bits per heavy atom. The molecule has 1 aliphatic carbocycles. The molecule has 1 amide bonds. The Bertz CT molecular complexity index is 581. The van der Waals surface area contributed by atoms with E-state index in [0.29, 0.717) is 12.5 Å². The van der Waals surface area contributed by atoms with Crippen molar-refractivity contribution in [3.8, 4) is 5.75 Å². The summed E-state index contributed by atoms with van der Waals surface area (Å²) >= 11 is 0.